The first-order valence-electron chi connectivity index (χ1n) is 9.24. The lowest BCUT2D eigenvalue weighted by atomic mass is 10.2. The molecule has 0 spiro atoms. The molecule has 3 rings (SSSR count). The normalized spacial score (nSPS) is 14.0. The van der Waals surface area contributed by atoms with Crippen LogP contribution in [0.5, 0.6) is 5.75 Å². The molecule has 0 radical (unpaired) electrons. The number of carbonyl (C=O) groups is 2. The second-order valence-corrected chi connectivity index (χ2v) is 8.59. The molecule has 10 heteroatoms. The third-order valence-corrected chi connectivity index (χ3v) is 6.25. The second-order valence-electron chi connectivity index (χ2n) is 6.50. The van der Waals surface area contributed by atoms with Gasteiger partial charge in [0.15, 0.2) is 0 Å². The highest BCUT2D eigenvalue weighted by atomic mass is 35.5. The summed E-state index contributed by atoms with van der Waals surface area (Å²) in [5.41, 5.74) is 0.597. The van der Waals surface area contributed by atoms with Crippen molar-refractivity contribution in [2.75, 3.05) is 29.9 Å². The third kappa shape index (κ3) is 4.52. The van der Waals surface area contributed by atoms with Gasteiger partial charge in [-0.15, -0.1) is 0 Å². The molecule has 1 N–H and O–H groups in total. The highest BCUT2D eigenvalue weighted by Crippen LogP contribution is 2.34. The smallest absolute Gasteiger partial charge is 0.339 e. The topological polar surface area (TPSA) is 102 Å². The maximum absolute atomic E-state index is 12.9. The van der Waals surface area contributed by atoms with E-state index in [1.165, 1.54) is 48.4 Å². The van der Waals surface area contributed by atoms with E-state index < -0.39 is 16.0 Å². The maximum Gasteiger partial charge on any atom is 0.339 e. The Hall–Kier alpha value is -2.78. The Morgan fingerprint density at radius 3 is 2.63 bits per heavy atom. The minimum Gasteiger partial charge on any atom is -0.495 e. The standard InChI is InChI=1S/C20H21ClN2O6S/c1-3-29-20(25)15-11-13(6-8-16(15)21)22-30(26,27)14-7-9-18(28-2)17(12-14)23-10-4-5-19(23)24/h6-9,11-12,22H,3-5,10H2,1-2H3. The largest absolute Gasteiger partial charge is 0.495 e. The molecule has 0 atom stereocenters. The number of nitrogens with zero attached hydrogens (tertiary/aromatic N) is 1. The molecule has 30 heavy (non-hydrogen) atoms. The number of carbonyl (C=O) groups excluding carboxylic acids is 2. The van der Waals surface area contributed by atoms with Crippen molar-refractivity contribution in [1.29, 1.82) is 0 Å². The summed E-state index contributed by atoms with van der Waals surface area (Å²) < 4.78 is 38.5. The first-order chi connectivity index (χ1) is 14.3. The zero-order chi connectivity index (χ0) is 21.9. The van der Waals surface area contributed by atoms with Crippen LogP contribution in [-0.4, -0.2) is 40.6 Å². The Kier molecular flexibility index (Phi) is 6.52. The van der Waals surface area contributed by atoms with Crippen molar-refractivity contribution < 1.29 is 27.5 Å². The number of halogens is 1. The average molecular weight is 453 g/mol. The molecule has 0 aliphatic carbocycles. The van der Waals surface area contributed by atoms with Crippen LogP contribution in [0.25, 0.3) is 0 Å². The van der Waals surface area contributed by atoms with Gasteiger partial charge >= 0.3 is 5.97 Å². The van der Waals surface area contributed by atoms with E-state index in [0.717, 1.165) is 0 Å². The third-order valence-electron chi connectivity index (χ3n) is 4.54. The van der Waals surface area contributed by atoms with E-state index in [2.05, 4.69) is 4.72 Å². The molecule has 2 aromatic rings. The highest BCUT2D eigenvalue weighted by Gasteiger charge is 2.27. The van der Waals surface area contributed by atoms with Crippen LogP contribution in [0.1, 0.15) is 30.1 Å². The molecule has 1 saturated heterocycles. The van der Waals surface area contributed by atoms with Crippen LogP contribution in [0.4, 0.5) is 11.4 Å². The first-order valence-corrected chi connectivity index (χ1v) is 11.1. The maximum atomic E-state index is 12.9. The van der Waals surface area contributed by atoms with Gasteiger partial charge in [-0.2, -0.15) is 0 Å². The molecule has 0 saturated carbocycles. The molecule has 0 unspecified atom stereocenters. The van der Waals surface area contributed by atoms with Gasteiger partial charge in [-0.1, -0.05) is 11.6 Å². The lowest BCUT2D eigenvalue weighted by molar-refractivity contribution is -0.117. The van der Waals surface area contributed by atoms with E-state index in [1.807, 2.05) is 0 Å². The van der Waals surface area contributed by atoms with E-state index in [4.69, 9.17) is 21.1 Å². The van der Waals surface area contributed by atoms with Crippen LogP contribution < -0.4 is 14.4 Å². The molecule has 1 fully saturated rings. The Bertz CT molecular complexity index is 1090. The number of hydrogen-bond donors (Lipinski definition) is 1. The summed E-state index contributed by atoms with van der Waals surface area (Å²) in [7, 11) is -2.56. The van der Waals surface area contributed by atoms with Crippen LogP contribution in [0, 0.1) is 0 Å². The van der Waals surface area contributed by atoms with Gasteiger partial charge in [0.2, 0.25) is 5.91 Å². The lowest BCUT2D eigenvalue weighted by Gasteiger charge is -2.20. The van der Waals surface area contributed by atoms with Crippen molar-refractivity contribution in [3.05, 3.63) is 47.0 Å². The molecular weight excluding hydrogens is 432 g/mol. The summed E-state index contributed by atoms with van der Waals surface area (Å²) in [5, 5.41) is 0.149. The number of methoxy groups -OCH3 is 1. The van der Waals surface area contributed by atoms with Gasteiger partial charge in [0, 0.05) is 18.7 Å². The quantitative estimate of drug-likeness (QED) is 0.645. The fourth-order valence-electron chi connectivity index (χ4n) is 3.12. The number of nitrogens with one attached hydrogen (secondary N) is 1. The van der Waals surface area contributed by atoms with Crippen molar-refractivity contribution in [2.45, 2.75) is 24.7 Å². The number of anilines is 2. The fraction of sp³-hybridized carbons (Fsp3) is 0.300. The summed E-state index contributed by atoms with van der Waals surface area (Å²) >= 11 is 6.03. The van der Waals surface area contributed by atoms with Crippen LogP contribution >= 0.6 is 11.6 Å². The van der Waals surface area contributed by atoms with E-state index in [1.54, 1.807) is 6.92 Å². The van der Waals surface area contributed by atoms with Crippen molar-refractivity contribution in [3.8, 4) is 5.75 Å². The Labute approximate surface area is 179 Å². The van der Waals surface area contributed by atoms with Gasteiger partial charge in [-0.05, 0) is 49.7 Å². The van der Waals surface area contributed by atoms with Crippen molar-refractivity contribution >= 4 is 44.9 Å². The number of hydrogen-bond acceptors (Lipinski definition) is 6. The minimum atomic E-state index is -4.01. The molecule has 1 aliphatic heterocycles. The van der Waals surface area contributed by atoms with Gasteiger partial charge < -0.3 is 14.4 Å². The number of benzene rings is 2. The van der Waals surface area contributed by atoms with Crippen LogP contribution in [0.3, 0.4) is 0 Å². The zero-order valence-corrected chi connectivity index (χ0v) is 18.0. The molecule has 1 aliphatic rings. The van der Waals surface area contributed by atoms with Crippen LogP contribution in [0.15, 0.2) is 41.3 Å². The minimum absolute atomic E-state index is 0.0503. The summed E-state index contributed by atoms with van der Waals surface area (Å²) in [4.78, 5) is 25.6. The number of amides is 1. The highest BCUT2D eigenvalue weighted by molar-refractivity contribution is 7.92. The van der Waals surface area contributed by atoms with E-state index in [9.17, 15) is 18.0 Å². The Balaban J connectivity index is 1.94. The first kappa shape index (κ1) is 21.9. The predicted octanol–water partition coefficient (Wildman–Crippen LogP) is 3.45. The summed E-state index contributed by atoms with van der Waals surface area (Å²) in [6.07, 6.45) is 1.10. The summed E-state index contributed by atoms with van der Waals surface area (Å²) in [6.45, 7) is 2.31. The molecule has 0 bridgehead atoms. The Morgan fingerprint density at radius 2 is 2.00 bits per heavy atom. The summed E-state index contributed by atoms with van der Waals surface area (Å²) in [6, 6.07) is 8.44. The van der Waals surface area contributed by atoms with Crippen LogP contribution in [-0.2, 0) is 19.6 Å². The van der Waals surface area contributed by atoms with E-state index in [-0.39, 0.29) is 33.7 Å². The second kappa shape index (κ2) is 8.93. The van der Waals surface area contributed by atoms with Gasteiger partial charge in [-0.3, -0.25) is 9.52 Å². The van der Waals surface area contributed by atoms with Gasteiger partial charge in [0.25, 0.3) is 10.0 Å². The number of rotatable bonds is 7. The monoisotopic (exact) mass is 452 g/mol. The number of sulfonamides is 1. The Morgan fingerprint density at radius 1 is 1.23 bits per heavy atom. The molecule has 0 aromatic heterocycles. The van der Waals surface area contributed by atoms with E-state index >= 15 is 0 Å². The van der Waals surface area contributed by atoms with Gasteiger partial charge in [-0.25, -0.2) is 13.2 Å². The van der Waals surface area contributed by atoms with Crippen LogP contribution in [0.2, 0.25) is 5.02 Å². The van der Waals surface area contributed by atoms with Crippen molar-refractivity contribution in [1.82, 2.24) is 0 Å². The van der Waals surface area contributed by atoms with Crippen molar-refractivity contribution in [2.24, 2.45) is 0 Å². The van der Waals surface area contributed by atoms with E-state index in [0.29, 0.717) is 30.8 Å². The van der Waals surface area contributed by atoms with Gasteiger partial charge in [0.05, 0.1) is 34.9 Å². The summed E-state index contributed by atoms with van der Waals surface area (Å²) in [5.74, 6) is -0.337. The molecule has 160 valence electrons. The number of ether oxygens (including phenoxy) is 2. The molecule has 8 nitrogen and oxygen atoms in total. The molecule has 2 aromatic carbocycles. The molecular formula is C20H21ClN2O6S. The SMILES string of the molecule is CCOC(=O)c1cc(NS(=O)(=O)c2ccc(OC)c(N3CCCC3=O)c2)ccc1Cl. The van der Waals surface area contributed by atoms with Crippen molar-refractivity contribution in [3.63, 3.8) is 0 Å². The zero-order valence-electron chi connectivity index (χ0n) is 16.5. The number of esters is 1. The molecule has 1 heterocycles. The fourth-order valence-corrected chi connectivity index (χ4v) is 4.38. The predicted molar refractivity (Wildman–Crippen MR) is 113 cm³/mol. The average Bonchev–Trinajstić information content (AvgIpc) is 3.14. The lowest BCUT2D eigenvalue weighted by Crippen LogP contribution is -2.25. The van der Waals surface area contributed by atoms with Gasteiger partial charge in [0.1, 0.15) is 5.75 Å². The molecule has 1 amide bonds.